The summed E-state index contributed by atoms with van der Waals surface area (Å²) in [6.07, 6.45) is 3.14. The first-order valence-electron chi connectivity index (χ1n) is 10.3. The van der Waals surface area contributed by atoms with E-state index in [-0.39, 0.29) is 11.9 Å². The molecule has 0 bridgehead atoms. The van der Waals surface area contributed by atoms with Crippen molar-refractivity contribution < 1.29 is 18.8 Å². The maximum Gasteiger partial charge on any atom is 0.319 e. The van der Waals surface area contributed by atoms with Gasteiger partial charge in [0, 0.05) is 30.6 Å². The lowest BCUT2D eigenvalue weighted by Gasteiger charge is -2.14. The van der Waals surface area contributed by atoms with E-state index < -0.39 is 0 Å². The molecule has 2 amide bonds. The van der Waals surface area contributed by atoms with Crippen LogP contribution >= 0.6 is 0 Å². The van der Waals surface area contributed by atoms with Crippen molar-refractivity contribution in [3.63, 3.8) is 0 Å². The Morgan fingerprint density at radius 3 is 2.52 bits per heavy atom. The number of ether oxygens (including phenoxy) is 2. The molecule has 1 aromatic carbocycles. The zero-order valence-electron chi connectivity index (χ0n) is 17.8. The molecule has 0 aliphatic carbocycles. The Morgan fingerprint density at radius 1 is 1.14 bits per heavy atom. The molecule has 0 atom stereocenters. The van der Waals surface area contributed by atoms with Gasteiger partial charge in [-0.25, -0.2) is 4.79 Å². The van der Waals surface area contributed by atoms with Crippen molar-refractivity contribution in [1.82, 2.24) is 15.5 Å². The summed E-state index contributed by atoms with van der Waals surface area (Å²) in [6, 6.07) is 5.13. The zero-order chi connectivity index (χ0) is 21.1. The highest BCUT2D eigenvalue weighted by Crippen LogP contribution is 2.31. The van der Waals surface area contributed by atoms with Crippen LogP contribution < -0.4 is 20.1 Å². The molecular weight excluding hydrogens is 372 g/mol. The summed E-state index contributed by atoms with van der Waals surface area (Å²) in [5, 5.41) is 9.59. The molecule has 0 spiro atoms. The fourth-order valence-corrected chi connectivity index (χ4v) is 2.46. The normalized spacial score (nSPS) is 10.8. The number of nitrogens with zero attached hydrogens (tertiary/aromatic N) is 2. The molecule has 29 heavy (non-hydrogen) atoms. The van der Waals surface area contributed by atoms with Crippen molar-refractivity contribution in [3.05, 3.63) is 29.9 Å². The average Bonchev–Trinajstić information content (AvgIpc) is 3.18. The lowest BCUT2D eigenvalue weighted by molar-refractivity contribution is 0.251. The molecule has 2 N–H and O–H groups in total. The van der Waals surface area contributed by atoms with Crippen LogP contribution in [-0.4, -0.2) is 35.9 Å². The first kappa shape index (κ1) is 22.5. The van der Waals surface area contributed by atoms with Crippen molar-refractivity contribution in [1.29, 1.82) is 0 Å². The Morgan fingerprint density at radius 2 is 1.86 bits per heavy atom. The summed E-state index contributed by atoms with van der Waals surface area (Å²) >= 11 is 0. The summed E-state index contributed by atoms with van der Waals surface area (Å²) in [5.74, 6) is 2.86. The maximum absolute atomic E-state index is 12.2. The highest BCUT2D eigenvalue weighted by Gasteiger charge is 2.11. The van der Waals surface area contributed by atoms with Gasteiger partial charge in [0.25, 0.3) is 0 Å². The second-order valence-corrected chi connectivity index (χ2v) is 7.04. The van der Waals surface area contributed by atoms with E-state index in [0.29, 0.717) is 61.5 Å². The topological polar surface area (TPSA) is 98.5 Å². The minimum Gasteiger partial charge on any atom is -0.490 e. The van der Waals surface area contributed by atoms with Gasteiger partial charge in [0.05, 0.1) is 13.2 Å². The largest absolute Gasteiger partial charge is 0.490 e. The number of rotatable bonds is 12. The SMILES string of the molecule is CCCOc1ccc(NC(=O)NCCCc2nc(C(C)C)no2)cc1OCCC. The number of anilines is 1. The highest BCUT2D eigenvalue weighted by molar-refractivity contribution is 5.89. The van der Waals surface area contributed by atoms with Gasteiger partial charge in [0.2, 0.25) is 5.89 Å². The summed E-state index contributed by atoms with van der Waals surface area (Å²) in [4.78, 5) is 16.5. The minimum atomic E-state index is -0.276. The number of carbonyl (C=O) groups is 1. The smallest absolute Gasteiger partial charge is 0.319 e. The third kappa shape index (κ3) is 7.63. The first-order valence-corrected chi connectivity index (χ1v) is 10.3. The minimum absolute atomic E-state index is 0.237. The number of amides is 2. The number of nitrogens with one attached hydrogen (secondary N) is 2. The van der Waals surface area contributed by atoms with Gasteiger partial charge < -0.3 is 24.6 Å². The van der Waals surface area contributed by atoms with Crippen molar-refractivity contribution in [2.75, 3.05) is 25.1 Å². The lowest BCUT2D eigenvalue weighted by atomic mass is 10.2. The van der Waals surface area contributed by atoms with Crippen LogP contribution in [0.1, 0.15) is 64.6 Å². The molecular formula is C21H32N4O4. The Hall–Kier alpha value is -2.77. The van der Waals surface area contributed by atoms with Gasteiger partial charge in [-0.3, -0.25) is 0 Å². The van der Waals surface area contributed by atoms with Crippen molar-refractivity contribution >= 4 is 11.7 Å². The van der Waals surface area contributed by atoms with Gasteiger partial charge in [0.15, 0.2) is 17.3 Å². The number of benzene rings is 1. The van der Waals surface area contributed by atoms with Gasteiger partial charge in [-0.1, -0.05) is 32.9 Å². The third-order valence-corrected chi connectivity index (χ3v) is 3.98. The molecule has 0 aliphatic rings. The number of carbonyl (C=O) groups excluding carboxylic acids is 1. The molecule has 2 rings (SSSR count). The number of hydrogen-bond acceptors (Lipinski definition) is 6. The monoisotopic (exact) mass is 404 g/mol. The maximum atomic E-state index is 12.2. The van der Waals surface area contributed by atoms with E-state index in [9.17, 15) is 4.79 Å². The summed E-state index contributed by atoms with van der Waals surface area (Å²) in [6.45, 7) is 9.83. The number of aromatic nitrogens is 2. The molecule has 1 heterocycles. The summed E-state index contributed by atoms with van der Waals surface area (Å²) < 4.78 is 16.7. The van der Waals surface area contributed by atoms with Gasteiger partial charge in [-0.2, -0.15) is 4.98 Å². The fraction of sp³-hybridized carbons (Fsp3) is 0.571. The molecule has 1 aromatic heterocycles. The predicted octanol–water partition coefficient (Wildman–Crippen LogP) is 4.52. The number of hydrogen-bond donors (Lipinski definition) is 2. The Kier molecular flexibility index (Phi) is 9.27. The van der Waals surface area contributed by atoms with Gasteiger partial charge in [-0.05, 0) is 31.4 Å². The van der Waals surface area contributed by atoms with E-state index >= 15 is 0 Å². The Labute approximate surface area is 172 Å². The van der Waals surface area contributed by atoms with Crippen LogP contribution in [0.3, 0.4) is 0 Å². The summed E-state index contributed by atoms with van der Waals surface area (Å²) in [7, 11) is 0. The van der Waals surface area contributed by atoms with Crippen LogP contribution in [0.5, 0.6) is 11.5 Å². The van der Waals surface area contributed by atoms with Crippen LogP contribution in [0.25, 0.3) is 0 Å². The molecule has 0 aliphatic heterocycles. The van der Waals surface area contributed by atoms with E-state index in [1.165, 1.54) is 0 Å². The molecule has 0 saturated carbocycles. The van der Waals surface area contributed by atoms with E-state index in [0.717, 1.165) is 12.8 Å². The van der Waals surface area contributed by atoms with Crippen LogP contribution in [-0.2, 0) is 6.42 Å². The van der Waals surface area contributed by atoms with Crippen molar-refractivity contribution in [2.45, 2.75) is 59.3 Å². The lowest BCUT2D eigenvalue weighted by Crippen LogP contribution is -2.29. The second-order valence-electron chi connectivity index (χ2n) is 7.04. The van der Waals surface area contributed by atoms with Gasteiger partial charge in [0.1, 0.15) is 0 Å². The second kappa shape index (κ2) is 11.9. The van der Waals surface area contributed by atoms with Crippen LogP contribution in [0, 0.1) is 0 Å². The Bertz CT molecular complexity index is 761. The standard InChI is InChI=1S/C21H32N4O4/c1-5-12-27-17-10-9-16(14-18(17)28-13-6-2)23-21(26)22-11-7-8-19-24-20(15(3)4)25-29-19/h9-10,14-15H,5-8,11-13H2,1-4H3,(H2,22,23,26). The number of urea groups is 1. The molecule has 0 saturated heterocycles. The zero-order valence-corrected chi connectivity index (χ0v) is 17.8. The molecule has 0 unspecified atom stereocenters. The fourth-order valence-electron chi connectivity index (χ4n) is 2.46. The van der Waals surface area contributed by atoms with Crippen molar-refractivity contribution in [3.8, 4) is 11.5 Å². The molecule has 2 aromatic rings. The van der Waals surface area contributed by atoms with E-state index in [1.807, 2.05) is 26.8 Å². The van der Waals surface area contributed by atoms with Crippen molar-refractivity contribution in [2.24, 2.45) is 0 Å². The van der Waals surface area contributed by atoms with Crippen LogP contribution in [0.2, 0.25) is 0 Å². The average molecular weight is 405 g/mol. The number of aryl methyl sites for hydroxylation is 1. The highest BCUT2D eigenvalue weighted by atomic mass is 16.5. The quantitative estimate of drug-likeness (QED) is 0.505. The third-order valence-electron chi connectivity index (χ3n) is 3.98. The van der Waals surface area contributed by atoms with Crippen LogP contribution in [0.4, 0.5) is 10.5 Å². The molecule has 0 radical (unpaired) electrons. The molecule has 8 heteroatoms. The van der Waals surface area contributed by atoms with Crippen LogP contribution in [0.15, 0.2) is 22.7 Å². The molecule has 0 fully saturated rings. The van der Waals surface area contributed by atoms with E-state index in [1.54, 1.807) is 12.1 Å². The molecule has 160 valence electrons. The van der Waals surface area contributed by atoms with E-state index in [2.05, 4.69) is 27.7 Å². The Balaban J connectivity index is 1.80. The van der Waals surface area contributed by atoms with Gasteiger partial charge in [-0.15, -0.1) is 0 Å². The predicted molar refractivity (Wildman–Crippen MR) is 112 cm³/mol. The summed E-state index contributed by atoms with van der Waals surface area (Å²) in [5.41, 5.74) is 0.649. The first-order chi connectivity index (χ1) is 14.0. The van der Waals surface area contributed by atoms with E-state index in [4.69, 9.17) is 14.0 Å². The van der Waals surface area contributed by atoms with Gasteiger partial charge >= 0.3 is 6.03 Å². The molecule has 8 nitrogen and oxygen atoms in total.